The Morgan fingerprint density at radius 1 is 1.03 bits per heavy atom. The Hall–Kier alpha value is -4.08. The molecule has 1 heterocycles. The number of hydrogen-bond acceptors (Lipinski definition) is 6. The molecule has 1 N–H and O–H groups in total. The highest BCUT2D eigenvalue weighted by Crippen LogP contribution is 2.37. The number of methoxy groups -OCH3 is 1. The summed E-state index contributed by atoms with van der Waals surface area (Å²) in [6.07, 6.45) is 2.89. The number of hydrogen-bond donors (Lipinski definition) is 1. The van der Waals surface area contributed by atoms with E-state index in [1.165, 1.54) is 19.3 Å². The van der Waals surface area contributed by atoms with Gasteiger partial charge >= 0.3 is 6.03 Å². The van der Waals surface area contributed by atoms with Gasteiger partial charge < -0.3 is 14.2 Å². The molecule has 3 aromatic carbocycles. The molecule has 0 atom stereocenters. The van der Waals surface area contributed by atoms with Crippen LogP contribution in [-0.2, 0) is 16.2 Å². The first-order chi connectivity index (χ1) is 18.3. The Labute approximate surface area is 232 Å². The Morgan fingerprint density at radius 3 is 2.39 bits per heavy atom. The first-order valence-corrected chi connectivity index (χ1v) is 12.5. The number of carbonyl (C=O) groups excluding carboxylic acids is 3. The van der Waals surface area contributed by atoms with Crippen LogP contribution < -0.4 is 24.4 Å². The van der Waals surface area contributed by atoms with Crippen LogP contribution in [0.2, 0.25) is 5.02 Å². The zero-order chi connectivity index (χ0) is 27.2. The fourth-order valence-corrected chi connectivity index (χ4v) is 4.14. The average Bonchev–Trinajstić information content (AvgIpc) is 2.90. The smallest absolute Gasteiger partial charge is 0.335 e. The van der Waals surface area contributed by atoms with E-state index in [1.54, 1.807) is 36.4 Å². The van der Waals surface area contributed by atoms with E-state index in [1.807, 2.05) is 24.3 Å². The minimum Gasteiger partial charge on any atom is -0.493 e. The summed E-state index contributed by atoms with van der Waals surface area (Å²) in [7, 11) is 1.44. The number of nitrogens with zero attached hydrogens (tertiary/aromatic N) is 1. The molecule has 0 unspecified atom stereocenters. The maximum atomic E-state index is 13.3. The third-order valence-corrected chi connectivity index (χ3v) is 6.23. The van der Waals surface area contributed by atoms with Gasteiger partial charge in [0.05, 0.1) is 17.8 Å². The summed E-state index contributed by atoms with van der Waals surface area (Å²) in [5.74, 6) is -0.456. The van der Waals surface area contributed by atoms with Gasteiger partial charge in [-0.1, -0.05) is 52.3 Å². The zero-order valence-electron chi connectivity index (χ0n) is 20.2. The number of nitrogens with one attached hydrogen (secondary N) is 1. The van der Waals surface area contributed by atoms with Crippen molar-refractivity contribution in [3.8, 4) is 17.2 Å². The SMILES string of the molecule is C=CCOc1c(Cl)cc(/C=C2\C(=O)NC(=O)N(c3ccc(OCc4ccc(Br)cc4)cc3)C2=O)cc1OC. The normalized spacial score (nSPS) is 14.3. The topological polar surface area (TPSA) is 94.2 Å². The third-order valence-electron chi connectivity index (χ3n) is 5.42. The molecule has 1 aliphatic rings. The van der Waals surface area contributed by atoms with Gasteiger partial charge in [-0.2, -0.15) is 0 Å². The predicted octanol–water partition coefficient (Wildman–Crippen LogP) is 5.92. The zero-order valence-corrected chi connectivity index (χ0v) is 22.5. The quantitative estimate of drug-likeness (QED) is 0.187. The number of anilines is 1. The molecule has 0 aromatic heterocycles. The van der Waals surface area contributed by atoms with Gasteiger partial charge in [0.15, 0.2) is 11.5 Å². The highest BCUT2D eigenvalue weighted by atomic mass is 79.9. The molecule has 194 valence electrons. The molecular formula is C28H22BrClN2O6. The minimum atomic E-state index is -0.857. The second-order valence-corrected chi connectivity index (χ2v) is 9.32. The van der Waals surface area contributed by atoms with Gasteiger partial charge in [0.2, 0.25) is 0 Å². The number of ether oxygens (including phenoxy) is 3. The highest BCUT2D eigenvalue weighted by Gasteiger charge is 2.37. The third kappa shape index (κ3) is 6.07. The summed E-state index contributed by atoms with van der Waals surface area (Å²) in [4.78, 5) is 39.3. The molecule has 0 aliphatic carbocycles. The number of imide groups is 2. The van der Waals surface area contributed by atoms with Gasteiger partial charge in [-0.3, -0.25) is 14.9 Å². The second kappa shape index (κ2) is 12.0. The van der Waals surface area contributed by atoms with Crippen LogP contribution in [0.1, 0.15) is 11.1 Å². The van der Waals surface area contributed by atoms with Crippen molar-refractivity contribution in [2.75, 3.05) is 18.6 Å². The number of barbiturate groups is 1. The summed E-state index contributed by atoms with van der Waals surface area (Å²) in [5, 5.41) is 2.42. The van der Waals surface area contributed by atoms with Crippen molar-refractivity contribution in [3.63, 3.8) is 0 Å². The molecule has 0 bridgehead atoms. The van der Waals surface area contributed by atoms with E-state index in [-0.39, 0.29) is 22.9 Å². The summed E-state index contributed by atoms with van der Waals surface area (Å²) < 4.78 is 17.6. The minimum absolute atomic E-state index is 0.211. The van der Waals surface area contributed by atoms with Crippen LogP contribution in [0.25, 0.3) is 6.08 Å². The molecule has 3 aromatic rings. The van der Waals surface area contributed by atoms with Crippen molar-refractivity contribution in [1.29, 1.82) is 0 Å². The van der Waals surface area contributed by atoms with E-state index in [0.29, 0.717) is 29.4 Å². The Morgan fingerprint density at radius 2 is 1.74 bits per heavy atom. The lowest BCUT2D eigenvalue weighted by atomic mass is 10.1. The molecule has 4 amide bonds. The molecule has 0 saturated carbocycles. The molecule has 1 aliphatic heterocycles. The summed E-state index contributed by atoms with van der Waals surface area (Å²) >= 11 is 9.73. The van der Waals surface area contributed by atoms with Crippen molar-refractivity contribution in [2.24, 2.45) is 0 Å². The molecule has 0 spiro atoms. The van der Waals surface area contributed by atoms with Crippen LogP contribution in [0, 0.1) is 0 Å². The summed E-state index contributed by atoms with van der Waals surface area (Å²) in [6, 6.07) is 16.3. The lowest BCUT2D eigenvalue weighted by molar-refractivity contribution is -0.122. The van der Waals surface area contributed by atoms with Gasteiger partial charge in [-0.15, -0.1) is 0 Å². The fourth-order valence-electron chi connectivity index (χ4n) is 3.60. The Balaban J connectivity index is 1.55. The van der Waals surface area contributed by atoms with E-state index in [9.17, 15) is 14.4 Å². The predicted molar refractivity (Wildman–Crippen MR) is 148 cm³/mol. The highest BCUT2D eigenvalue weighted by molar-refractivity contribution is 9.10. The summed E-state index contributed by atoms with van der Waals surface area (Å²) in [6.45, 7) is 4.16. The monoisotopic (exact) mass is 596 g/mol. The van der Waals surface area contributed by atoms with E-state index in [4.69, 9.17) is 25.8 Å². The van der Waals surface area contributed by atoms with E-state index >= 15 is 0 Å². The number of carbonyl (C=O) groups is 3. The number of urea groups is 1. The van der Waals surface area contributed by atoms with Gasteiger partial charge in [-0.05, 0) is 65.7 Å². The fraction of sp³-hybridized carbons (Fsp3) is 0.107. The van der Waals surface area contributed by atoms with E-state index in [2.05, 4.69) is 27.8 Å². The standard InChI is InChI=1S/C28H22BrClN2O6/c1-3-12-37-25-23(30)14-18(15-24(25)36-2)13-22-26(33)31-28(35)32(27(22)34)20-8-10-21(11-9-20)38-16-17-4-6-19(29)7-5-17/h3-11,13-15H,1,12,16H2,2H3,(H,31,33,35)/b22-13+. The lowest BCUT2D eigenvalue weighted by Crippen LogP contribution is -2.54. The molecule has 4 rings (SSSR count). The maximum absolute atomic E-state index is 13.3. The molecule has 1 fully saturated rings. The van der Waals surface area contributed by atoms with Crippen LogP contribution >= 0.6 is 27.5 Å². The van der Waals surface area contributed by atoms with Crippen LogP contribution in [0.4, 0.5) is 10.5 Å². The first kappa shape index (κ1) is 27.0. The van der Waals surface area contributed by atoms with E-state index < -0.39 is 17.8 Å². The first-order valence-electron chi connectivity index (χ1n) is 11.3. The van der Waals surface area contributed by atoms with Crippen LogP contribution in [0.3, 0.4) is 0 Å². The van der Waals surface area contributed by atoms with Crippen molar-refractivity contribution < 1.29 is 28.6 Å². The maximum Gasteiger partial charge on any atom is 0.335 e. The van der Waals surface area contributed by atoms with Crippen molar-refractivity contribution in [1.82, 2.24) is 5.32 Å². The largest absolute Gasteiger partial charge is 0.493 e. The summed E-state index contributed by atoms with van der Waals surface area (Å²) in [5.41, 5.74) is 1.40. The number of halogens is 2. The van der Waals surface area contributed by atoms with Crippen molar-refractivity contribution in [2.45, 2.75) is 6.61 Å². The van der Waals surface area contributed by atoms with Crippen molar-refractivity contribution in [3.05, 3.63) is 99.5 Å². The van der Waals surface area contributed by atoms with Gasteiger partial charge in [0.1, 0.15) is 24.5 Å². The Bertz CT molecular complexity index is 1420. The van der Waals surface area contributed by atoms with E-state index in [0.717, 1.165) is 14.9 Å². The second-order valence-electron chi connectivity index (χ2n) is 8.00. The molecule has 10 heteroatoms. The van der Waals surface area contributed by atoms with Gasteiger partial charge in [0.25, 0.3) is 11.8 Å². The van der Waals surface area contributed by atoms with Gasteiger partial charge in [-0.25, -0.2) is 9.69 Å². The molecule has 38 heavy (non-hydrogen) atoms. The molecule has 8 nitrogen and oxygen atoms in total. The van der Waals surface area contributed by atoms with Crippen LogP contribution in [0.15, 0.2) is 83.4 Å². The molecular weight excluding hydrogens is 576 g/mol. The van der Waals surface area contributed by atoms with Crippen LogP contribution in [-0.4, -0.2) is 31.6 Å². The van der Waals surface area contributed by atoms with Crippen molar-refractivity contribution >= 4 is 57.1 Å². The van der Waals surface area contributed by atoms with Crippen LogP contribution in [0.5, 0.6) is 17.2 Å². The molecule has 1 saturated heterocycles. The molecule has 0 radical (unpaired) electrons. The van der Waals surface area contributed by atoms with Gasteiger partial charge in [0, 0.05) is 4.47 Å². The number of benzene rings is 3. The lowest BCUT2D eigenvalue weighted by Gasteiger charge is -2.26. The average molecular weight is 598 g/mol. The Kier molecular flexibility index (Phi) is 8.50. The number of rotatable bonds is 9. The number of amides is 4.